The monoisotopic (exact) mass is 248 g/mol. The fourth-order valence-corrected chi connectivity index (χ4v) is 1.75. The van der Waals surface area contributed by atoms with E-state index in [0.717, 1.165) is 17.0 Å². The summed E-state index contributed by atoms with van der Waals surface area (Å²) < 4.78 is 18.6. The summed E-state index contributed by atoms with van der Waals surface area (Å²) in [4.78, 5) is 4.29. The van der Waals surface area contributed by atoms with Crippen molar-refractivity contribution in [2.45, 2.75) is 33.4 Å². The summed E-state index contributed by atoms with van der Waals surface area (Å²) in [6.07, 6.45) is 0. The smallest absolute Gasteiger partial charge is 0.208 e. The van der Waals surface area contributed by atoms with Crippen LogP contribution in [0.4, 0.5) is 4.39 Å². The third kappa shape index (κ3) is 2.96. The Kier molecular flexibility index (Phi) is 3.77. The van der Waals surface area contributed by atoms with Crippen molar-refractivity contribution >= 4 is 0 Å². The van der Waals surface area contributed by atoms with Crippen LogP contribution in [0.2, 0.25) is 0 Å². The van der Waals surface area contributed by atoms with Gasteiger partial charge in [0.25, 0.3) is 0 Å². The number of oxazole rings is 1. The van der Waals surface area contributed by atoms with Crippen molar-refractivity contribution in [3.05, 3.63) is 53.0 Å². The summed E-state index contributed by atoms with van der Waals surface area (Å²) in [6, 6.07) is 6.63. The lowest BCUT2D eigenvalue weighted by Crippen LogP contribution is -2.18. The van der Waals surface area contributed by atoms with Gasteiger partial charge in [-0.1, -0.05) is 12.1 Å². The van der Waals surface area contributed by atoms with E-state index in [2.05, 4.69) is 10.3 Å². The number of hydrogen-bond donors (Lipinski definition) is 1. The first-order valence-electron chi connectivity index (χ1n) is 5.98. The van der Waals surface area contributed by atoms with Crippen LogP contribution in [0.3, 0.4) is 0 Å². The molecule has 0 radical (unpaired) electrons. The molecule has 2 rings (SSSR count). The van der Waals surface area contributed by atoms with E-state index in [1.165, 1.54) is 12.1 Å². The molecular weight excluding hydrogens is 231 g/mol. The molecule has 0 saturated carbocycles. The molecule has 0 aliphatic heterocycles. The summed E-state index contributed by atoms with van der Waals surface area (Å²) in [5.41, 5.74) is 1.82. The first kappa shape index (κ1) is 12.8. The second kappa shape index (κ2) is 5.31. The minimum absolute atomic E-state index is 0.0493. The first-order valence-corrected chi connectivity index (χ1v) is 5.98. The lowest BCUT2D eigenvalue weighted by Gasteiger charge is -2.12. The molecule has 96 valence electrons. The van der Waals surface area contributed by atoms with E-state index in [1.807, 2.05) is 26.8 Å². The topological polar surface area (TPSA) is 38.1 Å². The van der Waals surface area contributed by atoms with Gasteiger partial charge in [-0.15, -0.1) is 0 Å². The van der Waals surface area contributed by atoms with Crippen LogP contribution < -0.4 is 5.32 Å². The van der Waals surface area contributed by atoms with E-state index in [-0.39, 0.29) is 11.9 Å². The molecule has 0 amide bonds. The third-order valence-corrected chi connectivity index (χ3v) is 2.98. The Morgan fingerprint density at radius 2 is 2.17 bits per heavy atom. The van der Waals surface area contributed by atoms with Crippen LogP contribution in [-0.4, -0.2) is 4.98 Å². The van der Waals surface area contributed by atoms with Gasteiger partial charge in [-0.25, -0.2) is 9.37 Å². The minimum atomic E-state index is -0.219. The number of rotatable bonds is 4. The van der Waals surface area contributed by atoms with E-state index in [4.69, 9.17) is 4.42 Å². The minimum Gasteiger partial charge on any atom is -0.444 e. The molecule has 1 aromatic carbocycles. The molecule has 0 unspecified atom stereocenters. The fraction of sp³-hybridized carbons (Fsp3) is 0.357. The van der Waals surface area contributed by atoms with Gasteiger partial charge in [0.1, 0.15) is 11.6 Å². The van der Waals surface area contributed by atoms with E-state index >= 15 is 0 Å². The van der Waals surface area contributed by atoms with E-state index < -0.39 is 0 Å². The third-order valence-electron chi connectivity index (χ3n) is 2.98. The summed E-state index contributed by atoms with van der Waals surface area (Å²) in [6.45, 7) is 6.32. The highest BCUT2D eigenvalue weighted by Gasteiger charge is 2.09. The SMILES string of the molecule is Cc1nc(CN[C@H](C)c2cccc(F)c2)oc1C. The number of aryl methyl sites for hydroxylation is 2. The number of nitrogens with one attached hydrogen (secondary N) is 1. The zero-order chi connectivity index (χ0) is 13.1. The maximum atomic E-state index is 13.1. The van der Waals surface area contributed by atoms with E-state index in [1.54, 1.807) is 6.07 Å². The first-order chi connectivity index (χ1) is 8.56. The van der Waals surface area contributed by atoms with Crippen LogP contribution >= 0.6 is 0 Å². The normalized spacial score (nSPS) is 12.7. The van der Waals surface area contributed by atoms with Crippen molar-refractivity contribution in [3.63, 3.8) is 0 Å². The van der Waals surface area contributed by atoms with Gasteiger partial charge in [-0.05, 0) is 38.5 Å². The maximum Gasteiger partial charge on any atom is 0.208 e. The zero-order valence-electron chi connectivity index (χ0n) is 10.8. The summed E-state index contributed by atoms with van der Waals surface area (Å²) >= 11 is 0. The molecule has 0 fully saturated rings. The molecule has 18 heavy (non-hydrogen) atoms. The van der Waals surface area contributed by atoms with Gasteiger partial charge in [0.2, 0.25) is 5.89 Å². The fourth-order valence-electron chi connectivity index (χ4n) is 1.75. The van der Waals surface area contributed by atoms with Crippen molar-refractivity contribution in [1.29, 1.82) is 0 Å². The second-order valence-corrected chi connectivity index (χ2v) is 4.41. The molecular formula is C14H17FN2O. The highest BCUT2D eigenvalue weighted by molar-refractivity contribution is 5.19. The van der Waals surface area contributed by atoms with Crippen LogP contribution in [0.5, 0.6) is 0 Å². The van der Waals surface area contributed by atoms with E-state index in [9.17, 15) is 4.39 Å². The summed E-state index contributed by atoms with van der Waals surface area (Å²) in [5.74, 6) is 1.28. The van der Waals surface area contributed by atoms with Crippen molar-refractivity contribution in [1.82, 2.24) is 10.3 Å². The molecule has 1 heterocycles. The Labute approximate surface area is 106 Å². The molecule has 3 nitrogen and oxygen atoms in total. The van der Waals surface area contributed by atoms with Crippen LogP contribution in [0, 0.1) is 19.7 Å². The Balaban J connectivity index is 1.98. The standard InChI is InChI=1S/C14H17FN2O/c1-9-11(3)18-14(17-9)8-16-10(2)12-5-4-6-13(15)7-12/h4-7,10,16H,8H2,1-3H3/t10-/m1/s1. The quantitative estimate of drug-likeness (QED) is 0.902. The average Bonchev–Trinajstić information content (AvgIpc) is 2.66. The predicted molar refractivity (Wildman–Crippen MR) is 67.6 cm³/mol. The van der Waals surface area contributed by atoms with Crippen molar-refractivity contribution in [3.8, 4) is 0 Å². The second-order valence-electron chi connectivity index (χ2n) is 4.41. The zero-order valence-corrected chi connectivity index (χ0v) is 10.8. The highest BCUT2D eigenvalue weighted by atomic mass is 19.1. The molecule has 1 atom stereocenters. The van der Waals surface area contributed by atoms with Gasteiger partial charge in [0, 0.05) is 6.04 Å². The Morgan fingerprint density at radius 1 is 1.39 bits per heavy atom. The Hall–Kier alpha value is -1.68. The number of halogens is 1. The molecule has 1 aromatic heterocycles. The van der Waals surface area contributed by atoms with Crippen LogP contribution in [0.1, 0.15) is 35.9 Å². The van der Waals surface area contributed by atoms with Gasteiger partial charge < -0.3 is 9.73 Å². The van der Waals surface area contributed by atoms with Gasteiger partial charge in [0.05, 0.1) is 12.2 Å². The van der Waals surface area contributed by atoms with Gasteiger partial charge >= 0.3 is 0 Å². The molecule has 0 bridgehead atoms. The van der Waals surface area contributed by atoms with Crippen LogP contribution in [0.25, 0.3) is 0 Å². The van der Waals surface area contributed by atoms with Gasteiger partial charge in [-0.2, -0.15) is 0 Å². The summed E-state index contributed by atoms with van der Waals surface area (Å²) in [7, 11) is 0. The Bertz CT molecular complexity index is 517. The largest absolute Gasteiger partial charge is 0.444 e. The molecule has 1 N–H and O–H groups in total. The highest BCUT2D eigenvalue weighted by Crippen LogP contribution is 2.15. The molecule has 2 aromatic rings. The number of aromatic nitrogens is 1. The van der Waals surface area contributed by atoms with E-state index in [0.29, 0.717) is 12.4 Å². The predicted octanol–water partition coefficient (Wildman–Crippen LogP) is 3.28. The van der Waals surface area contributed by atoms with Crippen LogP contribution in [-0.2, 0) is 6.54 Å². The van der Waals surface area contributed by atoms with Gasteiger partial charge in [-0.3, -0.25) is 0 Å². The lowest BCUT2D eigenvalue weighted by molar-refractivity contribution is 0.431. The summed E-state index contributed by atoms with van der Waals surface area (Å²) in [5, 5.41) is 3.26. The molecule has 4 heteroatoms. The number of hydrogen-bond acceptors (Lipinski definition) is 3. The Morgan fingerprint density at radius 3 is 2.78 bits per heavy atom. The lowest BCUT2D eigenvalue weighted by atomic mass is 10.1. The van der Waals surface area contributed by atoms with Crippen molar-refractivity contribution in [2.75, 3.05) is 0 Å². The number of benzene rings is 1. The maximum absolute atomic E-state index is 13.1. The van der Waals surface area contributed by atoms with Gasteiger partial charge in [0.15, 0.2) is 0 Å². The molecule has 0 saturated heterocycles. The molecule has 0 aliphatic rings. The number of nitrogens with zero attached hydrogens (tertiary/aromatic N) is 1. The molecule has 0 spiro atoms. The average molecular weight is 248 g/mol. The van der Waals surface area contributed by atoms with Crippen molar-refractivity contribution in [2.24, 2.45) is 0 Å². The van der Waals surface area contributed by atoms with Crippen molar-refractivity contribution < 1.29 is 8.81 Å². The molecule has 0 aliphatic carbocycles. The van der Waals surface area contributed by atoms with Crippen LogP contribution in [0.15, 0.2) is 28.7 Å².